The number of aryl methyl sites for hydroxylation is 2. The Balaban J connectivity index is 1.33. The van der Waals surface area contributed by atoms with Crippen molar-refractivity contribution < 1.29 is 19.4 Å². The van der Waals surface area contributed by atoms with E-state index in [1.807, 2.05) is 73.1 Å². The van der Waals surface area contributed by atoms with Crippen molar-refractivity contribution in [2.24, 2.45) is 0 Å². The lowest BCUT2D eigenvalue weighted by Gasteiger charge is -2.15. The van der Waals surface area contributed by atoms with Crippen LogP contribution in [0.4, 0.5) is 0 Å². The average Bonchev–Trinajstić information content (AvgIpc) is 3.25. The number of hydrogen-bond donors (Lipinski definition) is 2. The highest BCUT2D eigenvalue weighted by Crippen LogP contribution is 2.20. The van der Waals surface area contributed by atoms with Gasteiger partial charge in [0.25, 0.3) is 5.91 Å². The number of amides is 1. The lowest BCUT2D eigenvalue weighted by Crippen LogP contribution is -2.35. The van der Waals surface area contributed by atoms with Gasteiger partial charge in [0.05, 0.1) is 11.3 Å². The minimum absolute atomic E-state index is 0.0602. The number of imidazole rings is 1. The van der Waals surface area contributed by atoms with Gasteiger partial charge in [-0.05, 0) is 55.3 Å². The van der Waals surface area contributed by atoms with Gasteiger partial charge >= 0.3 is 0 Å². The van der Waals surface area contributed by atoms with E-state index < -0.39 is 6.10 Å². The largest absolute Gasteiger partial charge is 0.491 e. The molecule has 0 aliphatic carbocycles. The molecule has 2 N–H and O–H groups in total. The van der Waals surface area contributed by atoms with E-state index in [2.05, 4.69) is 10.3 Å². The Hall–Kier alpha value is -3.84. The van der Waals surface area contributed by atoms with E-state index in [9.17, 15) is 9.90 Å². The van der Waals surface area contributed by atoms with Crippen LogP contribution in [0.15, 0.2) is 73.1 Å². The number of hydrogen-bond acceptors (Lipinski definition) is 5. The lowest BCUT2D eigenvalue weighted by molar-refractivity contribution is 0.0840. The van der Waals surface area contributed by atoms with E-state index >= 15 is 0 Å². The maximum atomic E-state index is 12.7. The zero-order valence-electron chi connectivity index (χ0n) is 18.7. The molecule has 1 atom stereocenters. The number of benzene rings is 2. The van der Waals surface area contributed by atoms with Crippen LogP contribution < -0.4 is 14.8 Å². The van der Waals surface area contributed by atoms with E-state index in [1.54, 1.807) is 18.2 Å². The Bertz CT molecular complexity index is 1250. The highest BCUT2D eigenvalue weighted by atomic mass is 16.5. The summed E-state index contributed by atoms with van der Waals surface area (Å²) in [6.45, 7) is 4.35. The molecular formula is C26H27N3O4. The van der Waals surface area contributed by atoms with Crippen LogP contribution >= 0.6 is 0 Å². The molecule has 0 spiro atoms. The van der Waals surface area contributed by atoms with Crippen molar-refractivity contribution in [1.82, 2.24) is 14.7 Å². The van der Waals surface area contributed by atoms with Gasteiger partial charge in [-0.1, -0.05) is 30.3 Å². The van der Waals surface area contributed by atoms with Crippen molar-refractivity contribution in [2.75, 3.05) is 13.2 Å². The van der Waals surface area contributed by atoms with Crippen molar-refractivity contribution in [3.05, 3.63) is 95.4 Å². The van der Waals surface area contributed by atoms with Gasteiger partial charge in [-0.3, -0.25) is 4.79 Å². The highest BCUT2D eigenvalue weighted by molar-refractivity contribution is 5.96. The lowest BCUT2D eigenvalue weighted by atomic mass is 10.2. The summed E-state index contributed by atoms with van der Waals surface area (Å²) in [5.41, 5.74) is 4.19. The molecule has 7 heteroatoms. The Morgan fingerprint density at radius 1 is 1.09 bits per heavy atom. The zero-order valence-corrected chi connectivity index (χ0v) is 18.7. The molecule has 0 saturated carbocycles. The first-order chi connectivity index (χ1) is 16.0. The van der Waals surface area contributed by atoms with Crippen LogP contribution in [0, 0.1) is 13.8 Å². The number of rotatable bonds is 9. The van der Waals surface area contributed by atoms with Gasteiger partial charge in [-0.2, -0.15) is 0 Å². The fraction of sp³-hybridized carbons (Fsp3) is 0.231. The van der Waals surface area contributed by atoms with Crippen molar-refractivity contribution in [3.8, 4) is 11.5 Å². The Morgan fingerprint density at radius 3 is 2.76 bits per heavy atom. The Labute approximate surface area is 192 Å². The number of aliphatic hydroxyl groups is 1. The zero-order chi connectivity index (χ0) is 23.2. The molecule has 0 saturated heterocycles. The number of carbonyl (C=O) groups is 1. The molecule has 2 aromatic heterocycles. The molecule has 170 valence electrons. The highest BCUT2D eigenvalue weighted by Gasteiger charge is 2.15. The van der Waals surface area contributed by atoms with Gasteiger partial charge < -0.3 is 24.3 Å². The number of ether oxygens (including phenoxy) is 2. The van der Waals surface area contributed by atoms with E-state index in [0.29, 0.717) is 17.1 Å². The van der Waals surface area contributed by atoms with Gasteiger partial charge in [0.2, 0.25) is 0 Å². The molecule has 0 bridgehead atoms. The SMILES string of the molecule is Cc1cccc(OCC(O)CNC(=O)c2ccccc2OCc2cn3cccc(C)c3n2)c1. The first kappa shape index (κ1) is 22.4. The van der Waals surface area contributed by atoms with Gasteiger partial charge in [0.1, 0.15) is 36.5 Å². The van der Waals surface area contributed by atoms with Crippen LogP contribution in [0.1, 0.15) is 27.2 Å². The third-order valence-corrected chi connectivity index (χ3v) is 5.17. The second-order valence-electron chi connectivity index (χ2n) is 7.93. The molecular weight excluding hydrogens is 418 g/mol. The maximum Gasteiger partial charge on any atom is 0.255 e. The first-order valence-corrected chi connectivity index (χ1v) is 10.8. The maximum absolute atomic E-state index is 12.7. The molecule has 0 aliphatic rings. The second kappa shape index (κ2) is 10.2. The van der Waals surface area contributed by atoms with Crippen LogP contribution in [-0.2, 0) is 6.61 Å². The summed E-state index contributed by atoms with van der Waals surface area (Å²) in [6, 6.07) is 18.6. The van der Waals surface area contributed by atoms with Crippen LogP contribution in [0.5, 0.6) is 11.5 Å². The monoisotopic (exact) mass is 445 g/mol. The standard InChI is InChI=1S/C26H27N3O4/c1-18-7-5-9-22(13-18)32-17-21(30)14-27-26(31)23-10-3-4-11-24(23)33-16-20-15-29-12-6-8-19(2)25(29)28-20/h3-13,15,21,30H,14,16-17H2,1-2H3,(H,27,31). The van der Waals surface area contributed by atoms with Gasteiger partial charge in [0, 0.05) is 18.9 Å². The predicted octanol–water partition coefficient (Wildman–Crippen LogP) is 3.70. The van der Waals surface area contributed by atoms with Crippen molar-refractivity contribution in [1.29, 1.82) is 0 Å². The van der Waals surface area contributed by atoms with E-state index in [4.69, 9.17) is 9.47 Å². The Morgan fingerprint density at radius 2 is 1.94 bits per heavy atom. The molecule has 4 rings (SSSR count). The van der Waals surface area contributed by atoms with E-state index in [-0.39, 0.29) is 25.7 Å². The van der Waals surface area contributed by atoms with E-state index in [0.717, 1.165) is 22.5 Å². The second-order valence-corrected chi connectivity index (χ2v) is 7.93. The quantitative estimate of drug-likeness (QED) is 0.410. The van der Waals surface area contributed by atoms with Crippen LogP contribution in [0.3, 0.4) is 0 Å². The van der Waals surface area contributed by atoms with Crippen LogP contribution in [0.2, 0.25) is 0 Å². The number of aliphatic hydroxyl groups excluding tert-OH is 1. The molecule has 4 aromatic rings. The average molecular weight is 446 g/mol. The fourth-order valence-electron chi connectivity index (χ4n) is 3.47. The minimum Gasteiger partial charge on any atom is -0.491 e. The molecule has 0 radical (unpaired) electrons. The topological polar surface area (TPSA) is 85.1 Å². The smallest absolute Gasteiger partial charge is 0.255 e. The predicted molar refractivity (Wildman–Crippen MR) is 126 cm³/mol. The normalized spacial score (nSPS) is 11.8. The third-order valence-electron chi connectivity index (χ3n) is 5.17. The van der Waals surface area contributed by atoms with Gasteiger partial charge in [0.15, 0.2) is 0 Å². The Kier molecular flexibility index (Phi) is 6.90. The first-order valence-electron chi connectivity index (χ1n) is 10.8. The molecule has 0 aliphatic heterocycles. The summed E-state index contributed by atoms with van der Waals surface area (Å²) < 4.78 is 13.5. The summed E-state index contributed by atoms with van der Waals surface area (Å²) in [6.07, 6.45) is 3.01. The number of fused-ring (bicyclic) bond motifs is 1. The molecule has 0 fully saturated rings. The molecule has 33 heavy (non-hydrogen) atoms. The molecule has 2 aromatic carbocycles. The molecule has 1 unspecified atom stereocenters. The molecule has 1 amide bonds. The molecule has 7 nitrogen and oxygen atoms in total. The number of pyridine rings is 1. The van der Waals surface area contributed by atoms with Crippen molar-refractivity contribution in [3.63, 3.8) is 0 Å². The number of nitrogens with one attached hydrogen (secondary N) is 1. The van der Waals surface area contributed by atoms with Crippen molar-refractivity contribution >= 4 is 11.6 Å². The van der Waals surface area contributed by atoms with Gasteiger partial charge in [-0.15, -0.1) is 0 Å². The summed E-state index contributed by atoms with van der Waals surface area (Å²) in [5, 5.41) is 13.0. The number of aromatic nitrogens is 2. The number of carbonyl (C=O) groups excluding carboxylic acids is 1. The molecule has 2 heterocycles. The summed E-state index contributed by atoms with van der Waals surface area (Å²) in [5.74, 6) is 0.807. The third kappa shape index (κ3) is 5.70. The van der Waals surface area contributed by atoms with Crippen molar-refractivity contribution in [2.45, 2.75) is 26.6 Å². The number of nitrogens with zero attached hydrogens (tertiary/aromatic N) is 2. The van der Waals surface area contributed by atoms with Crippen LogP contribution in [-0.4, -0.2) is 39.7 Å². The van der Waals surface area contributed by atoms with Crippen LogP contribution in [0.25, 0.3) is 5.65 Å². The van der Waals surface area contributed by atoms with Gasteiger partial charge in [-0.25, -0.2) is 4.98 Å². The minimum atomic E-state index is -0.844. The van der Waals surface area contributed by atoms with E-state index in [1.165, 1.54) is 0 Å². The number of para-hydroxylation sites is 1. The summed E-state index contributed by atoms with van der Waals surface area (Å²) in [7, 11) is 0. The summed E-state index contributed by atoms with van der Waals surface area (Å²) in [4.78, 5) is 17.3. The summed E-state index contributed by atoms with van der Waals surface area (Å²) >= 11 is 0. The fourth-order valence-corrected chi connectivity index (χ4v) is 3.47.